The van der Waals surface area contributed by atoms with Crippen molar-refractivity contribution in [1.82, 2.24) is 10.2 Å². The Morgan fingerprint density at radius 1 is 1.50 bits per heavy atom. The van der Waals surface area contributed by atoms with Crippen LogP contribution >= 0.6 is 11.8 Å². The van der Waals surface area contributed by atoms with Gasteiger partial charge in [-0.25, -0.2) is 0 Å². The Morgan fingerprint density at radius 3 is 3.17 bits per heavy atom. The van der Waals surface area contributed by atoms with Gasteiger partial charge in [-0.15, -0.1) is 0 Å². The lowest BCUT2D eigenvalue weighted by Crippen LogP contribution is -2.39. The number of furan rings is 1. The normalized spacial score (nSPS) is 25.5. The number of thioether (sulfide) groups is 1. The summed E-state index contributed by atoms with van der Waals surface area (Å²) >= 11 is 2.06. The van der Waals surface area contributed by atoms with Crippen molar-refractivity contribution in [3.8, 4) is 0 Å². The summed E-state index contributed by atoms with van der Waals surface area (Å²) in [4.78, 5) is 2.54. The summed E-state index contributed by atoms with van der Waals surface area (Å²) in [7, 11) is 0. The minimum Gasteiger partial charge on any atom is -0.468 e. The zero-order valence-electron chi connectivity index (χ0n) is 11.0. The molecule has 1 N–H and O–H groups in total. The van der Waals surface area contributed by atoms with Crippen LogP contribution in [0.25, 0.3) is 0 Å². The van der Waals surface area contributed by atoms with Gasteiger partial charge in [-0.2, -0.15) is 11.8 Å². The highest BCUT2D eigenvalue weighted by Crippen LogP contribution is 2.23. The van der Waals surface area contributed by atoms with Crippen LogP contribution in [0.1, 0.15) is 31.1 Å². The van der Waals surface area contributed by atoms with E-state index in [1.54, 1.807) is 0 Å². The Balaban J connectivity index is 1.58. The average Bonchev–Trinajstić information content (AvgIpc) is 3.10. The summed E-state index contributed by atoms with van der Waals surface area (Å²) in [5.74, 6) is 3.65. The first-order valence-corrected chi connectivity index (χ1v) is 8.09. The van der Waals surface area contributed by atoms with Gasteiger partial charge in [0.05, 0.1) is 12.8 Å². The van der Waals surface area contributed by atoms with Gasteiger partial charge in [0, 0.05) is 42.2 Å². The first-order valence-electron chi connectivity index (χ1n) is 6.93. The summed E-state index contributed by atoms with van der Waals surface area (Å²) in [6.45, 7) is 5.43. The number of nitrogens with zero attached hydrogens (tertiary/aromatic N) is 1. The monoisotopic (exact) mass is 266 g/mol. The molecule has 1 saturated heterocycles. The fourth-order valence-corrected chi connectivity index (χ4v) is 3.47. The Kier molecular flexibility index (Phi) is 3.97. The molecule has 0 spiro atoms. The Hall–Kier alpha value is -0.450. The fourth-order valence-electron chi connectivity index (χ4n) is 2.39. The van der Waals surface area contributed by atoms with E-state index in [0.29, 0.717) is 6.04 Å². The molecule has 2 heterocycles. The van der Waals surface area contributed by atoms with Crippen LogP contribution in [0, 0.1) is 0 Å². The molecule has 1 aromatic rings. The second-order valence-corrected chi connectivity index (χ2v) is 6.57. The molecule has 0 bridgehead atoms. The minimum atomic E-state index is 0.665. The Labute approximate surface area is 113 Å². The molecule has 1 atom stereocenters. The third-order valence-corrected chi connectivity index (χ3v) is 5.04. The lowest BCUT2D eigenvalue weighted by atomic mass is 10.2. The van der Waals surface area contributed by atoms with Crippen molar-refractivity contribution in [3.05, 3.63) is 23.7 Å². The van der Waals surface area contributed by atoms with Crippen molar-refractivity contribution in [2.75, 3.05) is 18.1 Å². The van der Waals surface area contributed by atoms with Crippen molar-refractivity contribution in [2.45, 2.75) is 44.9 Å². The third-order valence-electron chi connectivity index (χ3n) is 3.85. The smallest absolute Gasteiger partial charge is 0.122 e. The molecule has 1 aliphatic carbocycles. The lowest BCUT2D eigenvalue weighted by molar-refractivity contribution is 0.205. The molecule has 0 aromatic carbocycles. The number of rotatable bonds is 5. The molecule has 1 aromatic heterocycles. The molecule has 0 radical (unpaired) electrons. The summed E-state index contributed by atoms with van der Waals surface area (Å²) in [6.07, 6.45) is 4.52. The van der Waals surface area contributed by atoms with Crippen molar-refractivity contribution in [3.63, 3.8) is 0 Å². The molecule has 100 valence electrons. The summed E-state index contributed by atoms with van der Waals surface area (Å²) < 4.78 is 5.68. The van der Waals surface area contributed by atoms with E-state index >= 15 is 0 Å². The average molecular weight is 266 g/mol. The number of hydrogen-bond acceptors (Lipinski definition) is 4. The van der Waals surface area contributed by atoms with E-state index in [2.05, 4.69) is 35.0 Å². The maximum absolute atomic E-state index is 5.68. The molecule has 2 fully saturated rings. The summed E-state index contributed by atoms with van der Waals surface area (Å²) in [5.41, 5.74) is 1.34. The molecular formula is C14H22N2OS. The van der Waals surface area contributed by atoms with Crippen LogP contribution < -0.4 is 5.32 Å². The van der Waals surface area contributed by atoms with Crippen molar-refractivity contribution >= 4 is 11.8 Å². The molecule has 2 aliphatic rings. The van der Waals surface area contributed by atoms with Crippen molar-refractivity contribution < 1.29 is 4.42 Å². The van der Waals surface area contributed by atoms with Gasteiger partial charge in [-0.1, -0.05) is 0 Å². The molecule has 1 aliphatic heterocycles. The SMILES string of the molecule is CC1CSCCN1Cc1occc1CNC1CC1. The van der Waals surface area contributed by atoms with Gasteiger partial charge in [0.2, 0.25) is 0 Å². The maximum Gasteiger partial charge on any atom is 0.122 e. The van der Waals surface area contributed by atoms with Gasteiger partial charge in [-0.3, -0.25) is 4.90 Å². The first kappa shape index (κ1) is 12.6. The standard InChI is InChI=1S/C14H22N2OS/c1-11-10-18-7-5-16(11)9-14-12(4-6-17-14)8-15-13-2-3-13/h4,6,11,13,15H,2-3,5,7-10H2,1H3. The highest BCUT2D eigenvalue weighted by Gasteiger charge is 2.23. The topological polar surface area (TPSA) is 28.4 Å². The highest BCUT2D eigenvalue weighted by atomic mass is 32.2. The Morgan fingerprint density at radius 2 is 2.39 bits per heavy atom. The molecule has 18 heavy (non-hydrogen) atoms. The van der Waals surface area contributed by atoms with E-state index in [0.717, 1.165) is 24.9 Å². The predicted octanol–water partition coefficient (Wildman–Crippen LogP) is 2.47. The molecule has 3 nitrogen and oxygen atoms in total. The van der Waals surface area contributed by atoms with Gasteiger partial charge >= 0.3 is 0 Å². The van der Waals surface area contributed by atoms with E-state index in [-0.39, 0.29) is 0 Å². The summed E-state index contributed by atoms with van der Waals surface area (Å²) in [6, 6.07) is 3.55. The third kappa shape index (κ3) is 3.11. The largest absolute Gasteiger partial charge is 0.468 e. The van der Waals surface area contributed by atoms with Crippen LogP contribution in [0.5, 0.6) is 0 Å². The quantitative estimate of drug-likeness (QED) is 0.886. The molecule has 0 amide bonds. The van der Waals surface area contributed by atoms with Gasteiger partial charge in [-0.05, 0) is 25.8 Å². The van der Waals surface area contributed by atoms with Crippen LogP contribution in [0.2, 0.25) is 0 Å². The van der Waals surface area contributed by atoms with Crippen LogP contribution in [0.15, 0.2) is 16.7 Å². The molecule has 4 heteroatoms. The van der Waals surface area contributed by atoms with Crippen LogP contribution in [-0.4, -0.2) is 35.0 Å². The van der Waals surface area contributed by atoms with Gasteiger partial charge < -0.3 is 9.73 Å². The van der Waals surface area contributed by atoms with E-state index in [1.165, 1.54) is 36.5 Å². The first-order chi connectivity index (χ1) is 8.83. The number of hydrogen-bond donors (Lipinski definition) is 1. The highest BCUT2D eigenvalue weighted by molar-refractivity contribution is 7.99. The van der Waals surface area contributed by atoms with Gasteiger partial charge in [0.15, 0.2) is 0 Å². The maximum atomic E-state index is 5.68. The second-order valence-electron chi connectivity index (χ2n) is 5.42. The fraction of sp³-hybridized carbons (Fsp3) is 0.714. The lowest BCUT2D eigenvalue weighted by Gasteiger charge is -2.32. The van der Waals surface area contributed by atoms with E-state index < -0.39 is 0 Å². The number of nitrogens with one attached hydrogen (secondary N) is 1. The zero-order valence-corrected chi connectivity index (χ0v) is 11.8. The van der Waals surface area contributed by atoms with Crippen LogP contribution in [0.3, 0.4) is 0 Å². The second kappa shape index (κ2) is 5.68. The van der Waals surface area contributed by atoms with Crippen molar-refractivity contribution in [2.24, 2.45) is 0 Å². The predicted molar refractivity (Wildman–Crippen MR) is 75.8 cm³/mol. The van der Waals surface area contributed by atoms with Gasteiger partial charge in [0.25, 0.3) is 0 Å². The van der Waals surface area contributed by atoms with E-state index in [9.17, 15) is 0 Å². The van der Waals surface area contributed by atoms with E-state index in [1.807, 2.05) is 6.26 Å². The molecule has 1 saturated carbocycles. The Bertz CT molecular complexity index is 389. The van der Waals surface area contributed by atoms with Crippen LogP contribution in [0.4, 0.5) is 0 Å². The van der Waals surface area contributed by atoms with Crippen LogP contribution in [-0.2, 0) is 13.1 Å². The minimum absolute atomic E-state index is 0.665. The van der Waals surface area contributed by atoms with Crippen molar-refractivity contribution in [1.29, 1.82) is 0 Å². The zero-order chi connectivity index (χ0) is 12.4. The molecular weight excluding hydrogens is 244 g/mol. The van der Waals surface area contributed by atoms with Gasteiger partial charge in [0.1, 0.15) is 5.76 Å². The van der Waals surface area contributed by atoms with E-state index in [4.69, 9.17) is 4.42 Å². The summed E-state index contributed by atoms with van der Waals surface area (Å²) in [5, 5.41) is 3.57. The molecule has 3 rings (SSSR count). The molecule has 1 unspecified atom stereocenters.